The highest BCUT2D eigenvalue weighted by Crippen LogP contribution is 2.21. The summed E-state index contributed by atoms with van der Waals surface area (Å²) in [5.74, 6) is 0.356. The molecule has 0 aliphatic heterocycles. The molecule has 5 nitrogen and oxygen atoms in total. The zero-order chi connectivity index (χ0) is 16.2. The molecule has 0 aliphatic rings. The molecule has 1 amide bonds. The second-order valence-electron chi connectivity index (χ2n) is 6.55. The van der Waals surface area contributed by atoms with Crippen molar-refractivity contribution in [3.05, 3.63) is 22.8 Å². The van der Waals surface area contributed by atoms with Crippen molar-refractivity contribution in [1.29, 1.82) is 0 Å². The van der Waals surface area contributed by atoms with Crippen molar-refractivity contribution in [1.82, 2.24) is 10.3 Å². The largest absolute Gasteiger partial charge is 0.394 e. The number of hydrogen-bond donors (Lipinski definition) is 2. The number of rotatable bonds is 5. The van der Waals surface area contributed by atoms with Crippen LogP contribution < -0.4 is 10.2 Å². The van der Waals surface area contributed by atoms with Gasteiger partial charge in [0.25, 0.3) is 5.91 Å². The summed E-state index contributed by atoms with van der Waals surface area (Å²) < 4.78 is 0. The maximum absolute atomic E-state index is 12.3. The van der Waals surface area contributed by atoms with Crippen molar-refractivity contribution in [3.63, 3.8) is 0 Å². The average Bonchev–Trinajstić information content (AvgIpc) is 2.35. The lowest BCUT2D eigenvalue weighted by Gasteiger charge is -2.25. The second kappa shape index (κ2) is 7.09. The fourth-order valence-electron chi connectivity index (χ4n) is 2.01. The smallest absolute Gasteiger partial charge is 0.251 e. The summed E-state index contributed by atoms with van der Waals surface area (Å²) in [5.41, 5.74) is 0.455. The Morgan fingerprint density at radius 2 is 2.05 bits per heavy atom. The molecule has 1 unspecified atom stereocenters. The third kappa shape index (κ3) is 5.89. The Morgan fingerprint density at radius 1 is 1.43 bits per heavy atom. The van der Waals surface area contributed by atoms with Gasteiger partial charge in [0, 0.05) is 19.7 Å². The normalized spacial score (nSPS) is 12.9. The number of amides is 1. The Morgan fingerprint density at radius 3 is 2.52 bits per heavy atom. The van der Waals surface area contributed by atoms with Gasteiger partial charge in [-0.25, -0.2) is 4.98 Å². The first-order chi connectivity index (χ1) is 9.62. The van der Waals surface area contributed by atoms with Gasteiger partial charge in [-0.2, -0.15) is 0 Å². The molecule has 2 N–H and O–H groups in total. The number of anilines is 1. The van der Waals surface area contributed by atoms with E-state index in [9.17, 15) is 9.90 Å². The Bertz CT molecular complexity index is 498. The fraction of sp³-hybridized carbons (Fsp3) is 0.600. The Hall–Kier alpha value is -1.33. The van der Waals surface area contributed by atoms with Gasteiger partial charge in [0.2, 0.25) is 0 Å². The quantitative estimate of drug-likeness (QED) is 0.819. The maximum Gasteiger partial charge on any atom is 0.251 e. The number of aromatic nitrogens is 1. The van der Waals surface area contributed by atoms with Crippen LogP contribution in [-0.2, 0) is 0 Å². The van der Waals surface area contributed by atoms with E-state index >= 15 is 0 Å². The van der Waals surface area contributed by atoms with E-state index in [1.54, 1.807) is 11.0 Å². The minimum atomic E-state index is -0.285. The fourth-order valence-corrected chi connectivity index (χ4v) is 2.22. The van der Waals surface area contributed by atoms with Crippen molar-refractivity contribution in [2.24, 2.45) is 5.41 Å². The predicted molar refractivity (Wildman–Crippen MR) is 86.0 cm³/mol. The molecule has 0 aliphatic carbocycles. The average molecular weight is 314 g/mol. The van der Waals surface area contributed by atoms with Crippen molar-refractivity contribution in [2.45, 2.75) is 33.2 Å². The summed E-state index contributed by atoms with van der Waals surface area (Å²) in [4.78, 5) is 18.2. The van der Waals surface area contributed by atoms with Crippen LogP contribution in [0.1, 0.15) is 37.6 Å². The molecule has 118 valence electrons. The van der Waals surface area contributed by atoms with Crippen LogP contribution in [0.3, 0.4) is 0 Å². The third-order valence-corrected chi connectivity index (χ3v) is 3.11. The lowest BCUT2D eigenvalue weighted by Crippen LogP contribution is -2.40. The van der Waals surface area contributed by atoms with E-state index in [1.165, 1.54) is 6.07 Å². The molecule has 1 atom stereocenters. The van der Waals surface area contributed by atoms with E-state index in [-0.39, 0.29) is 29.1 Å². The molecule has 0 aromatic carbocycles. The van der Waals surface area contributed by atoms with Crippen LogP contribution in [0, 0.1) is 5.41 Å². The number of halogens is 1. The minimum absolute atomic E-state index is 0.0192. The second-order valence-corrected chi connectivity index (χ2v) is 6.94. The first-order valence-electron chi connectivity index (χ1n) is 6.89. The van der Waals surface area contributed by atoms with E-state index in [0.29, 0.717) is 17.8 Å². The van der Waals surface area contributed by atoms with E-state index in [2.05, 4.69) is 31.1 Å². The van der Waals surface area contributed by atoms with Crippen LogP contribution >= 0.6 is 11.6 Å². The summed E-state index contributed by atoms with van der Waals surface area (Å²) in [6.07, 6.45) is 0.689. The molecular weight excluding hydrogens is 290 g/mol. The monoisotopic (exact) mass is 313 g/mol. The molecule has 1 rings (SSSR count). The van der Waals surface area contributed by atoms with Gasteiger partial charge in [-0.3, -0.25) is 4.79 Å². The number of pyridine rings is 1. The highest BCUT2D eigenvalue weighted by atomic mass is 35.5. The van der Waals surface area contributed by atoms with Gasteiger partial charge in [0.05, 0.1) is 12.6 Å². The molecular formula is C15H24ClN3O2. The number of carbonyl (C=O) groups is 1. The van der Waals surface area contributed by atoms with Gasteiger partial charge >= 0.3 is 0 Å². The van der Waals surface area contributed by atoms with E-state index in [1.807, 2.05) is 14.1 Å². The number of aliphatic hydroxyl groups excluding tert-OH is 1. The van der Waals surface area contributed by atoms with Crippen LogP contribution in [0.15, 0.2) is 12.1 Å². The Labute approximate surface area is 131 Å². The summed E-state index contributed by atoms with van der Waals surface area (Å²) in [6, 6.07) is 2.91. The number of nitrogens with one attached hydrogen (secondary N) is 1. The molecule has 0 radical (unpaired) electrons. The van der Waals surface area contributed by atoms with Crippen LogP contribution in [0.25, 0.3) is 0 Å². The lowest BCUT2D eigenvalue weighted by molar-refractivity contribution is 0.0897. The zero-order valence-electron chi connectivity index (χ0n) is 13.3. The van der Waals surface area contributed by atoms with Crippen molar-refractivity contribution in [3.8, 4) is 0 Å². The van der Waals surface area contributed by atoms with Gasteiger partial charge in [-0.05, 0) is 24.0 Å². The summed E-state index contributed by atoms with van der Waals surface area (Å²) in [6.45, 7) is 6.10. The highest BCUT2D eigenvalue weighted by Gasteiger charge is 2.21. The summed E-state index contributed by atoms with van der Waals surface area (Å²) >= 11 is 5.95. The van der Waals surface area contributed by atoms with Crippen molar-refractivity contribution in [2.75, 3.05) is 25.6 Å². The topological polar surface area (TPSA) is 65.5 Å². The number of hydrogen-bond acceptors (Lipinski definition) is 4. The molecule has 0 spiro atoms. The van der Waals surface area contributed by atoms with Crippen LogP contribution in [-0.4, -0.2) is 42.7 Å². The standard InChI is InChI=1S/C15H24ClN3O2/c1-15(2,3)8-11(9-20)17-14(21)10-6-12(16)18-13(7-10)19(4)5/h6-7,11,20H,8-9H2,1-5H3,(H,17,21). The molecule has 1 heterocycles. The molecule has 0 saturated carbocycles. The molecule has 1 aromatic heterocycles. The predicted octanol–water partition coefficient (Wildman–Crippen LogP) is 2.33. The Balaban J connectivity index is 2.88. The van der Waals surface area contributed by atoms with Gasteiger partial charge in [-0.1, -0.05) is 32.4 Å². The number of nitrogens with zero attached hydrogens (tertiary/aromatic N) is 2. The van der Waals surface area contributed by atoms with Gasteiger partial charge in [0.15, 0.2) is 0 Å². The molecule has 0 fully saturated rings. The van der Waals surface area contributed by atoms with E-state index in [4.69, 9.17) is 11.6 Å². The van der Waals surface area contributed by atoms with Crippen molar-refractivity contribution >= 4 is 23.3 Å². The molecule has 6 heteroatoms. The maximum atomic E-state index is 12.3. The number of aliphatic hydroxyl groups is 1. The molecule has 0 bridgehead atoms. The van der Waals surface area contributed by atoms with Gasteiger partial charge < -0.3 is 15.3 Å². The first kappa shape index (κ1) is 17.7. The van der Waals surface area contributed by atoms with Gasteiger partial charge in [0.1, 0.15) is 11.0 Å². The zero-order valence-corrected chi connectivity index (χ0v) is 14.0. The van der Waals surface area contributed by atoms with Crippen LogP contribution in [0.4, 0.5) is 5.82 Å². The summed E-state index contributed by atoms with van der Waals surface area (Å²) in [7, 11) is 3.66. The Kier molecular flexibility index (Phi) is 5.98. The third-order valence-electron chi connectivity index (χ3n) is 2.92. The van der Waals surface area contributed by atoms with Crippen LogP contribution in [0.5, 0.6) is 0 Å². The van der Waals surface area contributed by atoms with E-state index < -0.39 is 0 Å². The van der Waals surface area contributed by atoms with Crippen LogP contribution in [0.2, 0.25) is 5.15 Å². The number of carbonyl (C=O) groups excluding carboxylic acids is 1. The van der Waals surface area contributed by atoms with Crippen molar-refractivity contribution < 1.29 is 9.90 Å². The van der Waals surface area contributed by atoms with E-state index in [0.717, 1.165) is 0 Å². The highest BCUT2D eigenvalue weighted by molar-refractivity contribution is 6.29. The molecule has 1 aromatic rings. The lowest BCUT2D eigenvalue weighted by atomic mass is 9.88. The summed E-state index contributed by atoms with van der Waals surface area (Å²) in [5, 5.41) is 12.5. The first-order valence-corrected chi connectivity index (χ1v) is 7.27. The molecule has 21 heavy (non-hydrogen) atoms. The molecule has 0 saturated heterocycles. The minimum Gasteiger partial charge on any atom is -0.394 e. The van der Waals surface area contributed by atoms with Gasteiger partial charge in [-0.15, -0.1) is 0 Å². The SMILES string of the molecule is CN(C)c1cc(C(=O)NC(CO)CC(C)(C)C)cc(Cl)n1.